The van der Waals surface area contributed by atoms with Crippen LogP contribution in [0.5, 0.6) is 0 Å². The first-order chi connectivity index (χ1) is 9.21. The van der Waals surface area contributed by atoms with Gasteiger partial charge in [-0.15, -0.1) is 0 Å². The lowest BCUT2D eigenvalue weighted by atomic mass is 10.1. The van der Waals surface area contributed by atoms with Crippen molar-refractivity contribution < 1.29 is 8.42 Å². The first kappa shape index (κ1) is 19.9. The maximum Gasteiger partial charge on any atom is 0.217 e. The predicted octanol–water partition coefficient (Wildman–Crippen LogP) is 2.71. The van der Waals surface area contributed by atoms with E-state index in [1.165, 1.54) is 0 Å². The van der Waals surface area contributed by atoms with Crippen molar-refractivity contribution in [1.82, 2.24) is 9.62 Å². The summed E-state index contributed by atoms with van der Waals surface area (Å²) >= 11 is 0. The molecule has 0 saturated heterocycles. The van der Waals surface area contributed by atoms with Crippen LogP contribution in [0.2, 0.25) is 0 Å². The molecule has 0 saturated carbocycles. The topological polar surface area (TPSA) is 49.4 Å². The van der Waals surface area contributed by atoms with Gasteiger partial charge >= 0.3 is 0 Å². The average Bonchev–Trinajstić information content (AvgIpc) is 2.34. The van der Waals surface area contributed by atoms with Crippen LogP contribution in [-0.2, 0) is 10.0 Å². The summed E-state index contributed by atoms with van der Waals surface area (Å²) in [6, 6.07) is 0. The third-order valence-corrected chi connectivity index (χ3v) is 5.73. The number of hydrogen-bond acceptors (Lipinski definition) is 3. The first-order valence-corrected chi connectivity index (χ1v) is 9.41. The highest BCUT2D eigenvalue weighted by Crippen LogP contribution is 2.14. The molecule has 0 aromatic heterocycles. The van der Waals surface area contributed by atoms with Crippen LogP contribution in [-0.4, -0.2) is 44.2 Å². The fourth-order valence-electron chi connectivity index (χ4n) is 1.88. The van der Waals surface area contributed by atoms with Gasteiger partial charge in [-0.3, -0.25) is 0 Å². The molecule has 1 unspecified atom stereocenters. The summed E-state index contributed by atoms with van der Waals surface area (Å²) in [5.41, 5.74) is 0. The molecule has 0 rings (SSSR count). The lowest BCUT2D eigenvalue weighted by Crippen LogP contribution is -2.43. The summed E-state index contributed by atoms with van der Waals surface area (Å²) < 4.78 is 27.0. The molecule has 0 aliphatic heterocycles. The number of sulfonamides is 1. The Labute approximate surface area is 126 Å². The third kappa shape index (κ3) is 7.60. The van der Waals surface area contributed by atoms with Gasteiger partial charge in [-0.05, 0) is 38.1 Å². The molecule has 0 aliphatic carbocycles. The van der Waals surface area contributed by atoms with Crippen molar-refractivity contribution in [3.8, 4) is 0 Å². The smallest absolute Gasteiger partial charge is 0.217 e. The Morgan fingerprint density at radius 3 is 1.75 bits per heavy atom. The van der Waals surface area contributed by atoms with E-state index in [2.05, 4.69) is 33.0 Å². The van der Waals surface area contributed by atoms with E-state index in [0.29, 0.717) is 31.5 Å². The van der Waals surface area contributed by atoms with Gasteiger partial charge in [0.05, 0.1) is 5.25 Å². The second-order valence-electron chi connectivity index (χ2n) is 6.43. The minimum Gasteiger partial charge on any atom is -0.316 e. The SMILES string of the molecule is CCNCC(C)S(=O)(=O)N(CCC(C)C)CCC(C)C. The minimum atomic E-state index is -3.19. The molecule has 1 atom stereocenters. The van der Waals surface area contributed by atoms with E-state index in [0.717, 1.165) is 19.4 Å². The Hall–Kier alpha value is -0.130. The molecular formula is C15H34N2O2S. The normalized spacial score (nSPS) is 14.4. The van der Waals surface area contributed by atoms with Crippen molar-refractivity contribution in [1.29, 1.82) is 0 Å². The first-order valence-electron chi connectivity index (χ1n) is 7.91. The van der Waals surface area contributed by atoms with E-state index in [1.54, 1.807) is 11.2 Å². The van der Waals surface area contributed by atoms with Crippen molar-refractivity contribution in [3.05, 3.63) is 0 Å². The molecule has 20 heavy (non-hydrogen) atoms. The van der Waals surface area contributed by atoms with Gasteiger partial charge in [-0.1, -0.05) is 34.6 Å². The van der Waals surface area contributed by atoms with Crippen LogP contribution >= 0.6 is 0 Å². The standard InChI is InChI=1S/C15H34N2O2S/c1-7-16-12-15(6)20(18,19)17(10-8-13(2)3)11-9-14(4)5/h13-16H,7-12H2,1-6H3. The second-order valence-corrected chi connectivity index (χ2v) is 8.78. The molecular weight excluding hydrogens is 272 g/mol. The molecule has 0 amide bonds. The van der Waals surface area contributed by atoms with E-state index in [-0.39, 0.29) is 5.25 Å². The average molecular weight is 307 g/mol. The van der Waals surface area contributed by atoms with Gasteiger partial charge in [0, 0.05) is 19.6 Å². The van der Waals surface area contributed by atoms with Gasteiger partial charge < -0.3 is 5.32 Å². The van der Waals surface area contributed by atoms with E-state index in [4.69, 9.17) is 0 Å². The summed E-state index contributed by atoms with van der Waals surface area (Å²) in [5, 5.41) is 2.77. The zero-order chi connectivity index (χ0) is 15.8. The van der Waals surface area contributed by atoms with Crippen LogP contribution in [0.15, 0.2) is 0 Å². The van der Waals surface area contributed by atoms with Gasteiger partial charge in [-0.25, -0.2) is 12.7 Å². The highest BCUT2D eigenvalue weighted by molar-refractivity contribution is 7.89. The zero-order valence-corrected chi connectivity index (χ0v) is 15.0. The third-order valence-electron chi connectivity index (χ3n) is 3.46. The van der Waals surface area contributed by atoms with E-state index >= 15 is 0 Å². The van der Waals surface area contributed by atoms with Crippen molar-refractivity contribution >= 4 is 10.0 Å². The van der Waals surface area contributed by atoms with E-state index in [9.17, 15) is 8.42 Å². The Balaban J connectivity index is 4.77. The summed E-state index contributed by atoms with van der Waals surface area (Å²) in [6.45, 7) is 14.9. The fraction of sp³-hybridized carbons (Fsp3) is 1.00. The molecule has 0 aromatic rings. The van der Waals surface area contributed by atoms with Crippen molar-refractivity contribution in [2.24, 2.45) is 11.8 Å². The lowest BCUT2D eigenvalue weighted by molar-refractivity contribution is 0.352. The van der Waals surface area contributed by atoms with Gasteiger partial charge in [0.1, 0.15) is 0 Å². The number of nitrogens with zero attached hydrogens (tertiary/aromatic N) is 1. The van der Waals surface area contributed by atoms with Crippen LogP contribution in [0.1, 0.15) is 54.4 Å². The van der Waals surface area contributed by atoms with Gasteiger partial charge in [0.15, 0.2) is 0 Å². The van der Waals surface area contributed by atoms with Crippen LogP contribution in [0.4, 0.5) is 0 Å². The Morgan fingerprint density at radius 2 is 1.40 bits per heavy atom. The molecule has 122 valence electrons. The second kappa shape index (κ2) is 9.74. The Kier molecular flexibility index (Phi) is 9.68. The van der Waals surface area contributed by atoms with Gasteiger partial charge in [0.25, 0.3) is 0 Å². The summed E-state index contributed by atoms with van der Waals surface area (Å²) in [6.07, 6.45) is 1.84. The molecule has 4 nitrogen and oxygen atoms in total. The molecule has 0 fully saturated rings. The number of nitrogens with one attached hydrogen (secondary N) is 1. The number of rotatable bonds is 11. The fourth-order valence-corrected chi connectivity index (χ4v) is 3.44. The van der Waals surface area contributed by atoms with Gasteiger partial charge in [0.2, 0.25) is 10.0 Å². The van der Waals surface area contributed by atoms with E-state index in [1.807, 2.05) is 6.92 Å². The number of hydrogen-bond donors (Lipinski definition) is 1. The van der Waals surface area contributed by atoms with Gasteiger partial charge in [-0.2, -0.15) is 0 Å². The molecule has 0 spiro atoms. The molecule has 0 aliphatic rings. The molecule has 0 radical (unpaired) electrons. The monoisotopic (exact) mass is 306 g/mol. The Bertz CT molecular complexity index is 328. The minimum absolute atomic E-state index is 0.359. The highest BCUT2D eigenvalue weighted by atomic mass is 32.2. The maximum atomic E-state index is 12.6. The quantitative estimate of drug-likeness (QED) is 0.638. The van der Waals surface area contributed by atoms with E-state index < -0.39 is 10.0 Å². The lowest BCUT2D eigenvalue weighted by Gasteiger charge is -2.27. The Morgan fingerprint density at radius 1 is 0.950 bits per heavy atom. The summed E-state index contributed by atoms with van der Waals surface area (Å²) in [5.74, 6) is 1.05. The van der Waals surface area contributed by atoms with Crippen LogP contribution < -0.4 is 5.32 Å². The maximum absolute atomic E-state index is 12.6. The van der Waals surface area contributed by atoms with Crippen molar-refractivity contribution in [3.63, 3.8) is 0 Å². The zero-order valence-electron chi connectivity index (χ0n) is 14.1. The largest absolute Gasteiger partial charge is 0.316 e. The highest BCUT2D eigenvalue weighted by Gasteiger charge is 2.28. The molecule has 0 bridgehead atoms. The summed E-state index contributed by atoms with van der Waals surface area (Å²) in [4.78, 5) is 0. The molecule has 0 heterocycles. The van der Waals surface area contributed by atoms with Crippen molar-refractivity contribution in [2.75, 3.05) is 26.2 Å². The predicted molar refractivity (Wildman–Crippen MR) is 87.4 cm³/mol. The molecule has 1 N–H and O–H groups in total. The molecule has 5 heteroatoms. The van der Waals surface area contributed by atoms with Crippen LogP contribution in [0, 0.1) is 11.8 Å². The van der Waals surface area contributed by atoms with Crippen LogP contribution in [0.3, 0.4) is 0 Å². The van der Waals surface area contributed by atoms with Crippen LogP contribution in [0.25, 0.3) is 0 Å². The summed E-state index contributed by atoms with van der Waals surface area (Å²) in [7, 11) is -3.19. The molecule has 0 aromatic carbocycles. The van der Waals surface area contributed by atoms with Crippen molar-refractivity contribution in [2.45, 2.75) is 59.6 Å².